The highest BCUT2D eigenvalue weighted by atomic mass is 15.1. The zero-order valence-electron chi connectivity index (χ0n) is 15.8. The van der Waals surface area contributed by atoms with E-state index in [1.807, 2.05) is 26.0 Å². The van der Waals surface area contributed by atoms with Crippen molar-refractivity contribution in [2.24, 2.45) is 0 Å². The monoisotopic (exact) mass is 364 g/mol. The summed E-state index contributed by atoms with van der Waals surface area (Å²) in [6.07, 6.45) is 0. The summed E-state index contributed by atoms with van der Waals surface area (Å²) in [7, 11) is 0. The van der Waals surface area contributed by atoms with Crippen LogP contribution in [-0.4, -0.2) is 14.5 Å². The van der Waals surface area contributed by atoms with Gasteiger partial charge < -0.3 is 9.88 Å². The number of benzene rings is 3. The highest BCUT2D eigenvalue weighted by molar-refractivity contribution is 6.10. The van der Waals surface area contributed by atoms with E-state index in [1.165, 1.54) is 16.3 Å². The molecule has 136 valence electrons. The van der Waals surface area contributed by atoms with Crippen molar-refractivity contribution < 1.29 is 0 Å². The van der Waals surface area contributed by atoms with Gasteiger partial charge in [-0.3, -0.25) is 0 Å². The van der Waals surface area contributed by atoms with Crippen LogP contribution in [0.15, 0.2) is 78.9 Å². The van der Waals surface area contributed by atoms with E-state index in [-0.39, 0.29) is 0 Å². The lowest BCUT2D eigenvalue weighted by atomic mass is 10.1. The number of fused-ring (bicyclic) bond motifs is 3. The van der Waals surface area contributed by atoms with Gasteiger partial charge in [-0.15, -0.1) is 0 Å². The Morgan fingerprint density at radius 3 is 2.14 bits per heavy atom. The number of aryl methyl sites for hydroxylation is 2. The summed E-state index contributed by atoms with van der Waals surface area (Å²) in [5.74, 6) is 0.624. The van der Waals surface area contributed by atoms with Crippen molar-refractivity contribution in [1.82, 2.24) is 14.5 Å². The molecule has 0 saturated carbocycles. The van der Waals surface area contributed by atoms with Gasteiger partial charge in [0.25, 0.3) is 0 Å². The second-order valence-corrected chi connectivity index (χ2v) is 7.02. The summed E-state index contributed by atoms with van der Waals surface area (Å²) in [5.41, 5.74) is 6.38. The molecule has 1 N–H and O–H groups in total. The number of aromatic nitrogens is 3. The predicted octanol–water partition coefficient (Wildman–Crippen LogP) is 5.93. The lowest BCUT2D eigenvalue weighted by Crippen LogP contribution is -2.00. The van der Waals surface area contributed by atoms with Crippen molar-refractivity contribution in [3.63, 3.8) is 0 Å². The van der Waals surface area contributed by atoms with E-state index in [1.54, 1.807) is 0 Å². The van der Waals surface area contributed by atoms with Crippen molar-refractivity contribution in [3.05, 3.63) is 90.3 Å². The van der Waals surface area contributed by atoms with E-state index >= 15 is 0 Å². The third-order valence-corrected chi connectivity index (χ3v) is 4.93. The quantitative estimate of drug-likeness (QED) is 0.431. The van der Waals surface area contributed by atoms with Crippen LogP contribution in [0.5, 0.6) is 0 Å². The van der Waals surface area contributed by atoms with Crippen LogP contribution in [0.4, 0.5) is 11.6 Å². The van der Waals surface area contributed by atoms with Gasteiger partial charge in [-0.1, -0.05) is 42.5 Å². The van der Waals surface area contributed by atoms with Gasteiger partial charge >= 0.3 is 0 Å². The van der Waals surface area contributed by atoms with Crippen LogP contribution in [0.1, 0.15) is 11.4 Å². The molecule has 28 heavy (non-hydrogen) atoms. The van der Waals surface area contributed by atoms with Gasteiger partial charge in [0, 0.05) is 33.5 Å². The van der Waals surface area contributed by atoms with E-state index in [0.717, 1.165) is 28.3 Å². The van der Waals surface area contributed by atoms with E-state index in [9.17, 15) is 0 Å². The molecule has 0 unspecified atom stereocenters. The molecule has 0 aliphatic heterocycles. The number of hydrogen-bond donors (Lipinski definition) is 1. The number of para-hydroxylation sites is 2. The smallest absolute Gasteiger partial charge is 0.227 e. The van der Waals surface area contributed by atoms with Crippen LogP contribution in [0, 0.1) is 13.8 Å². The van der Waals surface area contributed by atoms with Gasteiger partial charge in [0.2, 0.25) is 5.95 Å². The van der Waals surface area contributed by atoms with Gasteiger partial charge in [-0.05, 0) is 50.2 Å². The molecule has 3 aromatic carbocycles. The molecule has 0 fully saturated rings. The largest absolute Gasteiger partial charge is 0.324 e. The van der Waals surface area contributed by atoms with E-state index < -0.39 is 0 Å². The fourth-order valence-electron chi connectivity index (χ4n) is 3.81. The van der Waals surface area contributed by atoms with Crippen LogP contribution in [-0.2, 0) is 0 Å². The van der Waals surface area contributed by atoms with Crippen LogP contribution < -0.4 is 5.32 Å². The fourth-order valence-corrected chi connectivity index (χ4v) is 3.81. The van der Waals surface area contributed by atoms with E-state index in [4.69, 9.17) is 0 Å². The Hall–Kier alpha value is -3.66. The average molecular weight is 364 g/mol. The first kappa shape index (κ1) is 16.5. The number of rotatable bonds is 3. The second kappa shape index (κ2) is 6.50. The predicted molar refractivity (Wildman–Crippen MR) is 116 cm³/mol. The summed E-state index contributed by atoms with van der Waals surface area (Å²) < 4.78 is 2.30. The third kappa shape index (κ3) is 2.79. The maximum absolute atomic E-state index is 4.50. The zero-order chi connectivity index (χ0) is 19.1. The molecule has 0 aliphatic rings. The van der Waals surface area contributed by atoms with Crippen molar-refractivity contribution in [2.45, 2.75) is 13.8 Å². The average Bonchev–Trinajstić information content (AvgIpc) is 3.01. The molecule has 4 heteroatoms. The molecule has 0 spiro atoms. The molecule has 0 aliphatic carbocycles. The van der Waals surface area contributed by atoms with Crippen molar-refractivity contribution in [2.75, 3.05) is 5.32 Å². The molecule has 2 heterocycles. The molecule has 5 aromatic rings. The van der Waals surface area contributed by atoms with Crippen LogP contribution in [0.3, 0.4) is 0 Å². The van der Waals surface area contributed by atoms with Crippen molar-refractivity contribution in [3.8, 4) is 5.69 Å². The Labute approximate surface area is 163 Å². The maximum atomic E-state index is 4.50. The number of hydrogen-bond acceptors (Lipinski definition) is 3. The Morgan fingerprint density at radius 1 is 0.679 bits per heavy atom. The van der Waals surface area contributed by atoms with E-state index in [0.29, 0.717) is 5.95 Å². The molecular formula is C24H20N4. The topological polar surface area (TPSA) is 42.7 Å². The molecule has 4 nitrogen and oxygen atoms in total. The molecular weight excluding hydrogens is 344 g/mol. The SMILES string of the molecule is Cc1cc(C)nc(Nc2ccc3c4ccccc4n(-c4ccccc4)c3c2)n1. The molecule has 0 radical (unpaired) electrons. The number of nitrogens with one attached hydrogen (secondary N) is 1. The molecule has 0 bridgehead atoms. The van der Waals surface area contributed by atoms with Gasteiger partial charge in [0.15, 0.2) is 0 Å². The summed E-state index contributed by atoms with van der Waals surface area (Å²) in [6.45, 7) is 3.96. The normalized spacial score (nSPS) is 11.2. The molecule has 2 aromatic heterocycles. The lowest BCUT2D eigenvalue weighted by molar-refractivity contribution is 1.06. The van der Waals surface area contributed by atoms with Gasteiger partial charge in [-0.2, -0.15) is 0 Å². The van der Waals surface area contributed by atoms with Crippen LogP contribution in [0.2, 0.25) is 0 Å². The second-order valence-electron chi connectivity index (χ2n) is 7.02. The summed E-state index contributed by atoms with van der Waals surface area (Å²) in [6, 6.07) is 27.4. The fraction of sp³-hybridized carbons (Fsp3) is 0.0833. The lowest BCUT2D eigenvalue weighted by Gasteiger charge is -2.10. The molecule has 0 amide bonds. The Kier molecular flexibility index (Phi) is 3.83. The van der Waals surface area contributed by atoms with Gasteiger partial charge in [0.05, 0.1) is 11.0 Å². The van der Waals surface area contributed by atoms with Crippen LogP contribution >= 0.6 is 0 Å². The number of nitrogens with zero attached hydrogens (tertiary/aromatic N) is 3. The van der Waals surface area contributed by atoms with Crippen molar-refractivity contribution in [1.29, 1.82) is 0 Å². The maximum Gasteiger partial charge on any atom is 0.227 e. The van der Waals surface area contributed by atoms with Crippen LogP contribution in [0.25, 0.3) is 27.5 Å². The van der Waals surface area contributed by atoms with Gasteiger partial charge in [-0.25, -0.2) is 9.97 Å². The van der Waals surface area contributed by atoms with Gasteiger partial charge in [0.1, 0.15) is 0 Å². The first-order valence-corrected chi connectivity index (χ1v) is 9.37. The Balaban J connectivity index is 1.71. The molecule has 0 atom stereocenters. The van der Waals surface area contributed by atoms with Crippen molar-refractivity contribution >= 4 is 33.4 Å². The Bertz CT molecular complexity index is 1280. The minimum absolute atomic E-state index is 0.624. The molecule has 5 rings (SSSR count). The summed E-state index contributed by atoms with van der Waals surface area (Å²) in [4.78, 5) is 9.01. The third-order valence-electron chi connectivity index (χ3n) is 4.93. The van der Waals surface area contributed by atoms with E-state index in [2.05, 4.69) is 86.6 Å². The molecule has 0 saturated heterocycles. The zero-order valence-corrected chi connectivity index (χ0v) is 15.8. The summed E-state index contributed by atoms with van der Waals surface area (Å²) in [5, 5.41) is 5.84. The minimum atomic E-state index is 0.624. The summed E-state index contributed by atoms with van der Waals surface area (Å²) >= 11 is 0. The highest BCUT2D eigenvalue weighted by Crippen LogP contribution is 2.33. The first-order chi connectivity index (χ1) is 13.7. The Morgan fingerprint density at radius 2 is 1.36 bits per heavy atom. The highest BCUT2D eigenvalue weighted by Gasteiger charge is 2.12. The standard InChI is InChI=1S/C24H20N4/c1-16-14-17(2)26-24(25-16)27-18-12-13-21-20-10-6-7-11-22(20)28(23(21)15-18)19-8-4-3-5-9-19/h3-15H,1-2H3,(H,25,26,27). The minimum Gasteiger partial charge on any atom is -0.324 e. The number of anilines is 2. The first-order valence-electron chi connectivity index (χ1n) is 9.37.